The molecule has 1 heterocycles. The van der Waals surface area contributed by atoms with Crippen molar-refractivity contribution in [1.82, 2.24) is 15.5 Å². The summed E-state index contributed by atoms with van der Waals surface area (Å²) < 4.78 is 44.6. The Hall–Kier alpha value is -2.09. The first-order valence-electron chi connectivity index (χ1n) is 6.28. The lowest BCUT2D eigenvalue weighted by Gasteiger charge is -2.14. The van der Waals surface area contributed by atoms with Crippen LogP contribution < -0.4 is 10.1 Å². The quantitative estimate of drug-likeness (QED) is 0.889. The van der Waals surface area contributed by atoms with E-state index in [-0.39, 0.29) is 11.8 Å². The fourth-order valence-electron chi connectivity index (χ4n) is 1.78. The molecule has 0 bridgehead atoms. The molecule has 1 atom stereocenters. The molecule has 0 saturated heterocycles. The van der Waals surface area contributed by atoms with E-state index < -0.39 is 6.36 Å². The summed E-state index contributed by atoms with van der Waals surface area (Å²) in [5.41, 5.74) is 0.859. The number of nitrogens with zero attached hydrogens (tertiary/aromatic N) is 2. The van der Waals surface area contributed by atoms with Crippen molar-refractivity contribution < 1.29 is 22.4 Å². The third-order valence-electron chi connectivity index (χ3n) is 2.82. The van der Waals surface area contributed by atoms with Gasteiger partial charge in [0.2, 0.25) is 6.39 Å². The van der Waals surface area contributed by atoms with Crippen LogP contribution in [0.3, 0.4) is 0 Å². The van der Waals surface area contributed by atoms with Crippen molar-refractivity contribution in [2.45, 2.75) is 25.7 Å². The summed E-state index contributed by atoms with van der Waals surface area (Å²) in [4.78, 5) is 3.89. The van der Waals surface area contributed by atoms with Crippen LogP contribution in [0.5, 0.6) is 5.75 Å². The second-order valence-electron chi connectivity index (χ2n) is 4.39. The van der Waals surface area contributed by atoms with Crippen molar-refractivity contribution in [3.63, 3.8) is 0 Å². The van der Waals surface area contributed by atoms with E-state index in [1.54, 1.807) is 12.1 Å². The van der Waals surface area contributed by atoms with Crippen LogP contribution in [0.1, 0.15) is 24.4 Å². The van der Waals surface area contributed by atoms with E-state index in [9.17, 15) is 13.2 Å². The molecule has 1 aromatic carbocycles. The number of benzene rings is 1. The number of halogens is 3. The Morgan fingerprint density at radius 2 is 2.00 bits per heavy atom. The minimum absolute atomic E-state index is 0.0168. The van der Waals surface area contributed by atoms with Gasteiger partial charge in [-0.3, -0.25) is 0 Å². The molecule has 0 aliphatic carbocycles. The monoisotopic (exact) mass is 301 g/mol. The third kappa shape index (κ3) is 5.07. The Morgan fingerprint density at radius 3 is 2.57 bits per heavy atom. The third-order valence-corrected chi connectivity index (χ3v) is 2.82. The van der Waals surface area contributed by atoms with Gasteiger partial charge in [-0.2, -0.15) is 4.98 Å². The first-order chi connectivity index (χ1) is 9.94. The lowest BCUT2D eigenvalue weighted by atomic mass is 10.1. The maximum Gasteiger partial charge on any atom is 0.573 e. The number of aromatic nitrogens is 2. The molecule has 0 fully saturated rings. The summed E-state index contributed by atoms with van der Waals surface area (Å²) in [5.74, 6) is 0.369. The molecule has 0 aliphatic heterocycles. The predicted octanol–water partition coefficient (Wildman–Crippen LogP) is 2.86. The van der Waals surface area contributed by atoms with Gasteiger partial charge in [-0.15, -0.1) is 13.2 Å². The zero-order valence-electron chi connectivity index (χ0n) is 11.2. The van der Waals surface area contributed by atoms with E-state index in [1.807, 2.05) is 6.92 Å². The highest BCUT2D eigenvalue weighted by molar-refractivity contribution is 5.29. The van der Waals surface area contributed by atoms with E-state index >= 15 is 0 Å². The highest BCUT2D eigenvalue weighted by Gasteiger charge is 2.30. The topological polar surface area (TPSA) is 60.2 Å². The number of nitrogens with one attached hydrogen (secondary N) is 1. The second kappa shape index (κ2) is 6.57. The summed E-state index contributed by atoms with van der Waals surface area (Å²) in [6, 6.07) is 5.75. The molecule has 2 rings (SSSR count). The molecule has 1 aromatic heterocycles. The summed E-state index contributed by atoms with van der Waals surface area (Å²) in [7, 11) is 0. The Bertz CT molecular complexity index is 541. The minimum Gasteiger partial charge on any atom is -0.406 e. The summed E-state index contributed by atoms with van der Waals surface area (Å²) in [6.07, 6.45) is -2.80. The van der Waals surface area contributed by atoms with Crippen molar-refractivity contribution in [2.24, 2.45) is 0 Å². The number of alkyl halides is 3. The normalized spacial score (nSPS) is 13.1. The average molecular weight is 301 g/mol. The Kier molecular flexibility index (Phi) is 4.79. The largest absolute Gasteiger partial charge is 0.573 e. The van der Waals surface area contributed by atoms with E-state index in [2.05, 4.69) is 24.7 Å². The molecule has 2 aromatic rings. The van der Waals surface area contributed by atoms with Gasteiger partial charge in [-0.25, -0.2) is 0 Å². The highest BCUT2D eigenvalue weighted by Crippen LogP contribution is 2.24. The molecular formula is C13H14F3N3O2. The zero-order valence-corrected chi connectivity index (χ0v) is 11.2. The van der Waals surface area contributed by atoms with Gasteiger partial charge >= 0.3 is 6.36 Å². The molecule has 21 heavy (non-hydrogen) atoms. The SMILES string of the molecule is CC(NCCc1ncon1)c1ccc(OC(F)(F)F)cc1. The van der Waals surface area contributed by atoms with Crippen molar-refractivity contribution in [3.8, 4) is 5.75 Å². The van der Waals surface area contributed by atoms with E-state index in [0.29, 0.717) is 18.8 Å². The van der Waals surface area contributed by atoms with Crippen LogP contribution in [0.25, 0.3) is 0 Å². The van der Waals surface area contributed by atoms with Crippen LogP contribution in [0.15, 0.2) is 35.2 Å². The fourth-order valence-corrected chi connectivity index (χ4v) is 1.78. The molecule has 0 radical (unpaired) electrons. The molecule has 5 nitrogen and oxygen atoms in total. The maximum atomic E-state index is 12.0. The lowest BCUT2D eigenvalue weighted by molar-refractivity contribution is -0.274. The minimum atomic E-state index is -4.67. The summed E-state index contributed by atoms with van der Waals surface area (Å²) in [5, 5.41) is 6.90. The Balaban J connectivity index is 1.83. The molecule has 0 spiro atoms. The Morgan fingerprint density at radius 1 is 1.29 bits per heavy atom. The van der Waals surface area contributed by atoms with Gasteiger partial charge in [0, 0.05) is 19.0 Å². The van der Waals surface area contributed by atoms with E-state index in [0.717, 1.165) is 5.56 Å². The van der Waals surface area contributed by atoms with Crippen LogP contribution in [0.2, 0.25) is 0 Å². The maximum absolute atomic E-state index is 12.0. The fraction of sp³-hybridized carbons (Fsp3) is 0.385. The van der Waals surface area contributed by atoms with Gasteiger partial charge in [0.1, 0.15) is 5.75 Å². The van der Waals surface area contributed by atoms with E-state index in [1.165, 1.54) is 18.5 Å². The van der Waals surface area contributed by atoms with Crippen LogP contribution in [0.4, 0.5) is 13.2 Å². The van der Waals surface area contributed by atoms with Gasteiger partial charge in [-0.05, 0) is 24.6 Å². The van der Waals surface area contributed by atoms with Gasteiger partial charge in [-0.1, -0.05) is 17.3 Å². The number of hydrogen-bond acceptors (Lipinski definition) is 5. The molecular weight excluding hydrogens is 287 g/mol. The highest BCUT2D eigenvalue weighted by atomic mass is 19.4. The van der Waals surface area contributed by atoms with Crippen molar-refractivity contribution in [3.05, 3.63) is 42.0 Å². The molecule has 114 valence electrons. The standard InChI is InChI=1S/C13H14F3N3O2/c1-9(17-7-6-12-18-8-20-19-12)10-2-4-11(5-3-10)21-13(14,15)16/h2-5,8-9,17H,6-7H2,1H3. The summed E-state index contributed by atoms with van der Waals surface area (Å²) in [6.45, 7) is 2.54. The molecule has 0 saturated carbocycles. The number of rotatable bonds is 6. The number of ether oxygens (including phenoxy) is 1. The van der Waals surface area contributed by atoms with Crippen LogP contribution in [-0.2, 0) is 6.42 Å². The first-order valence-corrected chi connectivity index (χ1v) is 6.28. The van der Waals surface area contributed by atoms with Crippen molar-refractivity contribution in [2.75, 3.05) is 6.54 Å². The lowest BCUT2D eigenvalue weighted by Crippen LogP contribution is -2.22. The van der Waals surface area contributed by atoms with Gasteiger partial charge in [0.25, 0.3) is 0 Å². The van der Waals surface area contributed by atoms with Crippen LogP contribution in [0, 0.1) is 0 Å². The smallest absolute Gasteiger partial charge is 0.406 e. The summed E-state index contributed by atoms with van der Waals surface area (Å²) >= 11 is 0. The average Bonchev–Trinajstić information content (AvgIpc) is 2.91. The van der Waals surface area contributed by atoms with Gasteiger partial charge in [0.15, 0.2) is 5.82 Å². The van der Waals surface area contributed by atoms with Crippen LogP contribution >= 0.6 is 0 Å². The molecule has 1 unspecified atom stereocenters. The predicted molar refractivity (Wildman–Crippen MR) is 67.5 cm³/mol. The van der Waals surface area contributed by atoms with Gasteiger partial charge < -0.3 is 14.6 Å². The molecule has 0 aliphatic rings. The molecule has 1 N–H and O–H groups in total. The second-order valence-corrected chi connectivity index (χ2v) is 4.39. The molecule has 0 amide bonds. The number of hydrogen-bond donors (Lipinski definition) is 1. The molecule has 8 heteroatoms. The van der Waals surface area contributed by atoms with Crippen molar-refractivity contribution >= 4 is 0 Å². The van der Waals surface area contributed by atoms with Gasteiger partial charge in [0.05, 0.1) is 0 Å². The van der Waals surface area contributed by atoms with Crippen molar-refractivity contribution in [1.29, 1.82) is 0 Å². The van der Waals surface area contributed by atoms with E-state index in [4.69, 9.17) is 0 Å². The zero-order chi connectivity index (χ0) is 15.3. The Labute approximate surface area is 119 Å². The first kappa shape index (κ1) is 15.3. The van der Waals surface area contributed by atoms with Crippen LogP contribution in [-0.4, -0.2) is 23.0 Å².